The van der Waals surface area contributed by atoms with Gasteiger partial charge in [-0.05, 0) is 6.07 Å². The molecule has 1 aromatic rings. The average Bonchev–Trinajstić information content (AvgIpc) is 2.34. The van der Waals surface area contributed by atoms with Crippen molar-refractivity contribution in [3.63, 3.8) is 0 Å². The monoisotopic (exact) mass is 143 g/mol. The maximum absolute atomic E-state index is 11.8. The smallest absolute Gasteiger partial charge is 0.269 e. The van der Waals surface area contributed by atoms with Gasteiger partial charge in [0.05, 0.1) is 0 Å². The topological polar surface area (TPSA) is 60.9 Å². The van der Waals surface area contributed by atoms with Gasteiger partial charge in [0.15, 0.2) is 6.80 Å². The summed E-state index contributed by atoms with van der Waals surface area (Å²) in [6, 6.07) is 1.36. The van der Waals surface area contributed by atoms with E-state index in [2.05, 4.69) is 5.10 Å². The summed E-state index contributed by atoms with van der Waals surface area (Å²) in [5.74, 6) is -0.646. The Morgan fingerprint density at radius 3 is 2.90 bits per heavy atom. The van der Waals surface area contributed by atoms with E-state index in [4.69, 9.17) is 5.73 Å². The molecule has 2 N–H and O–H groups in total. The van der Waals surface area contributed by atoms with Crippen molar-refractivity contribution in [2.24, 2.45) is 5.73 Å². The van der Waals surface area contributed by atoms with E-state index in [9.17, 15) is 9.18 Å². The van der Waals surface area contributed by atoms with Gasteiger partial charge in [0.2, 0.25) is 0 Å². The van der Waals surface area contributed by atoms with Gasteiger partial charge < -0.3 is 5.73 Å². The fourth-order valence-corrected chi connectivity index (χ4v) is 0.560. The van der Waals surface area contributed by atoms with E-state index in [1.165, 1.54) is 12.3 Å². The molecule has 0 unspecified atom stereocenters. The Kier molecular flexibility index (Phi) is 1.66. The highest BCUT2D eigenvalue weighted by Crippen LogP contribution is 1.93. The number of rotatable bonds is 2. The van der Waals surface area contributed by atoms with Crippen molar-refractivity contribution in [3.05, 3.63) is 18.0 Å². The first-order chi connectivity index (χ1) is 4.74. The zero-order chi connectivity index (χ0) is 7.56. The highest BCUT2D eigenvalue weighted by molar-refractivity contribution is 5.90. The Labute approximate surface area is 56.4 Å². The molecule has 10 heavy (non-hydrogen) atoms. The number of carbonyl (C=O) groups excluding carboxylic acids is 1. The molecule has 0 spiro atoms. The standard InChI is InChI=1S/C5H6FN3O/c6-3-9-2-1-4(8-9)5(7)10/h1-2H,3H2,(H2,7,10). The number of hydrogen-bond acceptors (Lipinski definition) is 2. The SMILES string of the molecule is NC(=O)c1ccn(CF)n1. The number of hydrogen-bond donors (Lipinski definition) is 1. The van der Waals surface area contributed by atoms with Crippen molar-refractivity contribution < 1.29 is 9.18 Å². The largest absolute Gasteiger partial charge is 0.364 e. The van der Waals surface area contributed by atoms with Crippen molar-refractivity contribution in [2.45, 2.75) is 6.80 Å². The van der Waals surface area contributed by atoms with Crippen LogP contribution < -0.4 is 5.73 Å². The van der Waals surface area contributed by atoms with Crippen LogP contribution in [0.15, 0.2) is 12.3 Å². The molecule has 1 heterocycles. The summed E-state index contributed by atoms with van der Waals surface area (Å²) in [6.45, 7) is -0.743. The molecule has 0 saturated carbocycles. The minimum Gasteiger partial charge on any atom is -0.364 e. The number of amides is 1. The van der Waals surface area contributed by atoms with Gasteiger partial charge in [0, 0.05) is 6.20 Å². The molecule has 0 aromatic carbocycles. The Bertz CT molecular complexity index is 245. The van der Waals surface area contributed by atoms with E-state index in [1.54, 1.807) is 0 Å². The number of carbonyl (C=O) groups is 1. The lowest BCUT2D eigenvalue weighted by molar-refractivity contribution is 0.0994. The molecule has 0 atom stereocenters. The first-order valence-electron chi connectivity index (χ1n) is 2.63. The molecule has 4 nitrogen and oxygen atoms in total. The lowest BCUT2D eigenvalue weighted by atomic mass is 10.4. The second-order valence-corrected chi connectivity index (χ2v) is 1.72. The predicted molar refractivity (Wildman–Crippen MR) is 31.9 cm³/mol. The van der Waals surface area contributed by atoms with Crippen molar-refractivity contribution in [3.8, 4) is 0 Å². The summed E-state index contributed by atoms with van der Waals surface area (Å²) in [7, 11) is 0. The highest BCUT2D eigenvalue weighted by atomic mass is 19.1. The van der Waals surface area contributed by atoms with E-state index < -0.39 is 12.7 Å². The number of primary amides is 1. The lowest BCUT2D eigenvalue weighted by Gasteiger charge is -1.87. The molecule has 0 aliphatic carbocycles. The molecule has 0 aliphatic rings. The Hall–Kier alpha value is -1.39. The van der Waals surface area contributed by atoms with Gasteiger partial charge in [-0.3, -0.25) is 4.79 Å². The van der Waals surface area contributed by atoms with Gasteiger partial charge in [-0.2, -0.15) is 5.10 Å². The second kappa shape index (κ2) is 2.47. The Balaban J connectivity index is 2.88. The third-order valence-electron chi connectivity index (χ3n) is 1.02. The molecule has 5 heteroatoms. The number of alkyl halides is 1. The molecular weight excluding hydrogens is 137 g/mol. The average molecular weight is 143 g/mol. The van der Waals surface area contributed by atoms with Gasteiger partial charge in [0.1, 0.15) is 5.69 Å². The molecule has 1 amide bonds. The van der Waals surface area contributed by atoms with Crippen molar-refractivity contribution in [1.29, 1.82) is 0 Å². The maximum atomic E-state index is 11.8. The second-order valence-electron chi connectivity index (χ2n) is 1.72. The number of halogens is 1. The van der Waals surface area contributed by atoms with Crippen LogP contribution in [0, 0.1) is 0 Å². The number of nitrogens with zero attached hydrogens (tertiary/aromatic N) is 2. The van der Waals surface area contributed by atoms with E-state index in [-0.39, 0.29) is 5.69 Å². The van der Waals surface area contributed by atoms with Crippen molar-refractivity contribution in [2.75, 3.05) is 0 Å². The third kappa shape index (κ3) is 1.12. The first-order valence-corrected chi connectivity index (χ1v) is 2.63. The van der Waals surface area contributed by atoms with Crippen LogP contribution in [0.25, 0.3) is 0 Å². The first kappa shape index (κ1) is 6.73. The molecule has 1 aromatic heterocycles. The molecule has 0 bridgehead atoms. The Morgan fingerprint density at radius 2 is 2.60 bits per heavy atom. The fraction of sp³-hybridized carbons (Fsp3) is 0.200. The summed E-state index contributed by atoms with van der Waals surface area (Å²) >= 11 is 0. The zero-order valence-electron chi connectivity index (χ0n) is 5.12. The summed E-state index contributed by atoms with van der Waals surface area (Å²) in [6.07, 6.45) is 1.35. The van der Waals surface area contributed by atoms with Gasteiger partial charge in [-0.1, -0.05) is 0 Å². The lowest BCUT2D eigenvalue weighted by Crippen LogP contribution is -2.12. The van der Waals surface area contributed by atoms with Crippen LogP contribution >= 0.6 is 0 Å². The quantitative estimate of drug-likeness (QED) is 0.628. The summed E-state index contributed by atoms with van der Waals surface area (Å²) in [4.78, 5) is 10.4. The van der Waals surface area contributed by atoms with Crippen LogP contribution in [0.1, 0.15) is 10.5 Å². The maximum Gasteiger partial charge on any atom is 0.269 e. The van der Waals surface area contributed by atoms with Crippen molar-refractivity contribution in [1.82, 2.24) is 9.78 Å². The minimum atomic E-state index is -0.743. The number of aromatic nitrogens is 2. The highest BCUT2D eigenvalue weighted by Gasteiger charge is 2.02. The van der Waals surface area contributed by atoms with E-state index in [0.717, 1.165) is 4.68 Å². The summed E-state index contributed by atoms with van der Waals surface area (Å²) in [5, 5.41) is 3.50. The van der Waals surface area contributed by atoms with E-state index in [0.29, 0.717) is 0 Å². The predicted octanol–water partition coefficient (Wildman–Crippen LogP) is -0.0910. The van der Waals surface area contributed by atoms with Crippen LogP contribution in [-0.4, -0.2) is 15.7 Å². The van der Waals surface area contributed by atoms with Crippen LogP contribution in [0.3, 0.4) is 0 Å². The molecule has 0 aliphatic heterocycles. The van der Waals surface area contributed by atoms with Crippen LogP contribution in [0.4, 0.5) is 4.39 Å². The minimum absolute atomic E-state index is 0.0812. The number of nitrogens with two attached hydrogens (primary N) is 1. The van der Waals surface area contributed by atoms with Gasteiger partial charge in [0.25, 0.3) is 5.91 Å². The Morgan fingerprint density at radius 1 is 1.90 bits per heavy atom. The van der Waals surface area contributed by atoms with E-state index >= 15 is 0 Å². The molecule has 0 radical (unpaired) electrons. The molecule has 54 valence electrons. The zero-order valence-corrected chi connectivity index (χ0v) is 5.12. The molecule has 0 fully saturated rings. The normalized spacial score (nSPS) is 9.70. The van der Waals surface area contributed by atoms with Crippen LogP contribution in [0.5, 0.6) is 0 Å². The third-order valence-corrected chi connectivity index (χ3v) is 1.02. The fourth-order valence-electron chi connectivity index (χ4n) is 0.560. The summed E-state index contributed by atoms with van der Waals surface area (Å²) in [5.41, 5.74) is 4.93. The van der Waals surface area contributed by atoms with Crippen LogP contribution in [0.2, 0.25) is 0 Å². The molecular formula is C5H6FN3O. The molecule has 1 rings (SSSR count). The van der Waals surface area contributed by atoms with Gasteiger partial charge in [-0.15, -0.1) is 0 Å². The van der Waals surface area contributed by atoms with E-state index in [1.807, 2.05) is 0 Å². The van der Waals surface area contributed by atoms with Gasteiger partial charge in [-0.25, -0.2) is 9.07 Å². The molecule has 0 saturated heterocycles. The van der Waals surface area contributed by atoms with Gasteiger partial charge >= 0.3 is 0 Å². The summed E-state index contributed by atoms with van der Waals surface area (Å²) < 4.78 is 12.7. The van der Waals surface area contributed by atoms with Crippen LogP contribution in [-0.2, 0) is 6.80 Å². The van der Waals surface area contributed by atoms with Crippen molar-refractivity contribution >= 4 is 5.91 Å².